The van der Waals surface area contributed by atoms with Gasteiger partial charge in [0.1, 0.15) is 0 Å². The molecule has 1 amide bonds. The van der Waals surface area contributed by atoms with E-state index in [9.17, 15) is 24.5 Å². The minimum atomic E-state index is -1.17. The molecule has 11 nitrogen and oxygen atoms in total. The van der Waals surface area contributed by atoms with Crippen LogP contribution in [0.15, 0.2) is 41.5 Å². The van der Waals surface area contributed by atoms with Crippen LogP contribution in [0.1, 0.15) is 38.1 Å². The van der Waals surface area contributed by atoms with Crippen molar-refractivity contribution in [2.75, 3.05) is 0 Å². The summed E-state index contributed by atoms with van der Waals surface area (Å²) in [4.78, 5) is 45.4. The van der Waals surface area contributed by atoms with E-state index in [2.05, 4.69) is 5.10 Å². The second-order valence-electron chi connectivity index (χ2n) is 6.55. The van der Waals surface area contributed by atoms with Gasteiger partial charge in [0.25, 0.3) is 5.69 Å². The molecule has 166 valence electrons. The molecule has 2 aromatic carbocycles. The summed E-state index contributed by atoms with van der Waals surface area (Å²) >= 11 is 6.20. The van der Waals surface area contributed by atoms with Crippen molar-refractivity contribution in [3.63, 3.8) is 0 Å². The standard InChI is InChI=1S/C20H16ClN3O8/c1-10(25)23-20(15-9-14(24(28)29)5-6-16(15)21)32-19(22-23)13-4-7-17(30-11(2)26)18(8-13)31-12(3)27/h4-9,20H,1-3H3/t20-/m1/s1. The second kappa shape index (κ2) is 9.02. The normalized spacial score (nSPS) is 14.9. The lowest BCUT2D eigenvalue weighted by molar-refractivity contribution is -0.385. The van der Waals surface area contributed by atoms with E-state index in [4.69, 9.17) is 25.8 Å². The monoisotopic (exact) mass is 461 g/mol. The first-order valence-electron chi connectivity index (χ1n) is 9.07. The number of ether oxygens (including phenoxy) is 3. The predicted octanol–water partition coefficient (Wildman–Crippen LogP) is 3.34. The molecule has 0 unspecified atom stereocenters. The largest absolute Gasteiger partial charge is 0.446 e. The quantitative estimate of drug-likeness (QED) is 0.286. The van der Waals surface area contributed by atoms with E-state index in [0.29, 0.717) is 0 Å². The van der Waals surface area contributed by atoms with Crippen LogP contribution in [0.25, 0.3) is 0 Å². The smallest absolute Gasteiger partial charge is 0.308 e. The molecule has 1 atom stereocenters. The summed E-state index contributed by atoms with van der Waals surface area (Å²) in [6.07, 6.45) is -1.17. The summed E-state index contributed by atoms with van der Waals surface area (Å²) in [5, 5.41) is 16.4. The topological polar surface area (TPSA) is 138 Å². The maximum atomic E-state index is 12.2. The Morgan fingerprint density at radius 2 is 1.72 bits per heavy atom. The van der Waals surface area contributed by atoms with E-state index < -0.39 is 29.0 Å². The Bertz CT molecular complexity index is 1160. The molecular formula is C20H16ClN3O8. The SMILES string of the molecule is CC(=O)Oc1ccc(C2=NN(C(C)=O)[C@@H](c3cc([N+](=O)[O-])ccc3Cl)O2)cc1OC(C)=O. The van der Waals surface area contributed by atoms with Gasteiger partial charge in [-0.2, -0.15) is 5.01 Å². The van der Waals surface area contributed by atoms with E-state index in [-0.39, 0.29) is 39.2 Å². The van der Waals surface area contributed by atoms with E-state index >= 15 is 0 Å². The van der Waals surface area contributed by atoms with Crippen LogP contribution >= 0.6 is 11.6 Å². The van der Waals surface area contributed by atoms with Crippen LogP contribution in [0.2, 0.25) is 5.02 Å². The second-order valence-corrected chi connectivity index (χ2v) is 6.96. The van der Waals surface area contributed by atoms with Crippen molar-refractivity contribution in [3.8, 4) is 11.5 Å². The number of nitrogens with zero attached hydrogens (tertiary/aromatic N) is 3. The zero-order valence-corrected chi connectivity index (χ0v) is 17.8. The number of rotatable bonds is 5. The van der Waals surface area contributed by atoms with E-state index in [1.807, 2.05) is 0 Å². The van der Waals surface area contributed by atoms with Crippen LogP contribution in [-0.2, 0) is 19.1 Å². The van der Waals surface area contributed by atoms with Crippen LogP contribution in [0.4, 0.5) is 5.69 Å². The molecule has 0 aliphatic carbocycles. The van der Waals surface area contributed by atoms with Gasteiger partial charge in [0.15, 0.2) is 11.5 Å². The molecule has 32 heavy (non-hydrogen) atoms. The lowest BCUT2D eigenvalue weighted by Crippen LogP contribution is -2.25. The van der Waals surface area contributed by atoms with Gasteiger partial charge in [-0.1, -0.05) is 11.6 Å². The van der Waals surface area contributed by atoms with Crippen LogP contribution in [0.5, 0.6) is 11.5 Å². The van der Waals surface area contributed by atoms with Crippen molar-refractivity contribution in [1.82, 2.24) is 5.01 Å². The van der Waals surface area contributed by atoms with E-state index in [0.717, 1.165) is 5.01 Å². The number of hydrogen-bond donors (Lipinski definition) is 0. The molecule has 0 N–H and O–H groups in total. The maximum Gasteiger partial charge on any atom is 0.308 e. The number of esters is 2. The average Bonchev–Trinajstić information content (AvgIpc) is 3.14. The molecule has 3 rings (SSSR count). The van der Waals surface area contributed by atoms with E-state index in [1.54, 1.807) is 0 Å². The van der Waals surface area contributed by atoms with Crippen LogP contribution in [-0.4, -0.2) is 33.7 Å². The third-order valence-electron chi connectivity index (χ3n) is 4.12. The highest BCUT2D eigenvalue weighted by Crippen LogP contribution is 2.37. The molecule has 0 aromatic heterocycles. The third-order valence-corrected chi connectivity index (χ3v) is 4.47. The number of halogens is 1. The Hall–Kier alpha value is -3.99. The number of carbonyl (C=O) groups is 3. The minimum Gasteiger partial charge on any atom is -0.446 e. The summed E-state index contributed by atoms with van der Waals surface area (Å²) < 4.78 is 15.9. The summed E-state index contributed by atoms with van der Waals surface area (Å²) in [7, 11) is 0. The van der Waals surface area contributed by atoms with Crippen molar-refractivity contribution >= 4 is 41.0 Å². The number of hydrogen-bond acceptors (Lipinski definition) is 9. The lowest BCUT2D eigenvalue weighted by atomic mass is 10.1. The molecule has 1 aliphatic rings. The fourth-order valence-electron chi connectivity index (χ4n) is 2.83. The number of nitro benzene ring substituents is 1. The highest BCUT2D eigenvalue weighted by Gasteiger charge is 2.35. The number of carbonyl (C=O) groups excluding carboxylic acids is 3. The predicted molar refractivity (Wildman–Crippen MR) is 110 cm³/mol. The number of non-ortho nitro benzene ring substituents is 1. The maximum absolute atomic E-state index is 12.2. The molecule has 12 heteroatoms. The molecule has 2 aromatic rings. The van der Waals surface area contributed by atoms with Gasteiger partial charge in [-0.3, -0.25) is 24.5 Å². The fourth-order valence-corrected chi connectivity index (χ4v) is 3.05. The van der Waals surface area contributed by atoms with Crippen LogP contribution < -0.4 is 9.47 Å². The summed E-state index contributed by atoms with van der Waals surface area (Å²) in [6, 6.07) is 7.91. The Kier molecular flexibility index (Phi) is 6.40. The van der Waals surface area contributed by atoms with Crippen molar-refractivity contribution in [2.24, 2.45) is 5.10 Å². The van der Waals surface area contributed by atoms with Gasteiger partial charge >= 0.3 is 11.9 Å². The lowest BCUT2D eigenvalue weighted by Gasteiger charge is -2.20. The van der Waals surface area contributed by atoms with Gasteiger partial charge in [0, 0.05) is 49.1 Å². The van der Waals surface area contributed by atoms with Gasteiger partial charge in [0.2, 0.25) is 18.0 Å². The third kappa shape index (κ3) is 4.83. The summed E-state index contributed by atoms with van der Waals surface area (Å²) in [5.74, 6) is -1.90. The number of nitro groups is 1. The van der Waals surface area contributed by atoms with Crippen molar-refractivity contribution in [1.29, 1.82) is 0 Å². The molecule has 1 aliphatic heterocycles. The zero-order valence-electron chi connectivity index (χ0n) is 17.0. The molecule has 0 radical (unpaired) electrons. The first-order chi connectivity index (χ1) is 15.1. The molecular weight excluding hydrogens is 446 g/mol. The Balaban J connectivity index is 2.01. The van der Waals surface area contributed by atoms with Crippen LogP contribution in [0, 0.1) is 10.1 Å². The van der Waals surface area contributed by atoms with Crippen molar-refractivity contribution in [2.45, 2.75) is 27.0 Å². The minimum absolute atomic E-state index is 0.00301. The average molecular weight is 462 g/mol. The number of hydrazone groups is 1. The summed E-state index contributed by atoms with van der Waals surface area (Å²) in [5.41, 5.74) is 0.201. The van der Waals surface area contributed by atoms with Gasteiger partial charge < -0.3 is 14.2 Å². The molecule has 0 bridgehead atoms. The fraction of sp³-hybridized carbons (Fsp3) is 0.200. The zero-order chi connectivity index (χ0) is 23.6. The molecule has 0 spiro atoms. The Labute approximate surface area is 186 Å². The first kappa shape index (κ1) is 22.7. The highest BCUT2D eigenvalue weighted by molar-refractivity contribution is 6.31. The molecule has 0 saturated heterocycles. The van der Waals surface area contributed by atoms with Gasteiger partial charge in [-0.15, -0.1) is 5.10 Å². The Morgan fingerprint density at radius 3 is 2.31 bits per heavy atom. The van der Waals surface area contributed by atoms with Crippen molar-refractivity contribution < 1.29 is 33.5 Å². The first-order valence-corrected chi connectivity index (χ1v) is 9.44. The molecule has 0 saturated carbocycles. The Morgan fingerprint density at radius 1 is 1.06 bits per heavy atom. The number of benzene rings is 2. The number of amides is 1. The highest BCUT2D eigenvalue weighted by atomic mass is 35.5. The van der Waals surface area contributed by atoms with Gasteiger partial charge in [-0.25, -0.2) is 0 Å². The van der Waals surface area contributed by atoms with E-state index in [1.165, 1.54) is 57.2 Å². The van der Waals surface area contributed by atoms with Crippen LogP contribution in [0.3, 0.4) is 0 Å². The van der Waals surface area contributed by atoms with Crippen molar-refractivity contribution in [3.05, 3.63) is 62.7 Å². The summed E-state index contributed by atoms with van der Waals surface area (Å²) in [6.45, 7) is 3.60. The molecule has 0 fully saturated rings. The van der Waals surface area contributed by atoms with Gasteiger partial charge in [-0.05, 0) is 24.3 Å². The molecule has 1 heterocycles. The van der Waals surface area contributed by atoms with Gasteiger partial charge in [0.05, 0.1) is 4.92 Å².